The fraction of sp³-hybridized carbons (Fsp3) is 0.417. The Morgan fingerprint density at radius 3 is 1.09 bits per heavy atom. The number of carbonyl (C=O) groups excluding carboxylic acids is 2. The lowest BCUT2D eigenvalue weighted by Crippen LogP contribution is -2.20. The van der Waals surface area contributed by atoms with Crippen LogP contribution in [0.5, 0.6) is 34.5 Å². The van der Waals surface area contributed by atoms with Gasteiger partial charge in [0, 0.05) is 23.3 Å². The third-order valence-electron chi connectivity index (χ3n) is 6.15. The van der Waals surface area contributed by atoms with Gasteiger partial charge in [-0.05, 0) is 12.1 Å². The highest BCUT2D eigenvalue weighted by molar-refractivity contribution is 5.90. The Bertz CT molecular complexity index is 1020. The second-order valence-electron chi connectivity index (χ2n) is 7.66. The minimum atomic E-state index is -0.934. The number of cyclic esters (lactones) is 2. The molecule has 0 spiro atoms. The molecule has 0 aliphatic carbocycles. The lowest BCUT2D eigenvalue weighted by atomic mass is 9.83. The molecule has 10 nitrogen and oxygen atoms in total. The van der Waals surface area contributed by atoms with Crippen molar-refractivity contribution in [2.24, 2.45) is 11.8 Å². The zero-order valence-electron chi connectivity index (χ0n) is 19.7. The summed E-state index contributed by atoms with van der Waals surface area (Å²) in [4.78, 5) is 26.2. The van der Waals surface area contributed by atoms with Crippen LogP contribution >= 0.6 is 0 Å². The molecule has 2 heterocycles. The number of hydrogen-bond donors (Lipinski definition) is 0. The highest BCUT2D eigenvalue weighted by Crippen LogP contribution is 2.55. The van der Waals surface area contributed by atoms with Crippen molar-refractivity contribution in [2.45, 2.75) is 12.2 Å². The lowest BCUT2D eigenvalue weighted by Gasteiger charge is -2.20. The van der Waals surface area contributed by atoms with Crippen molar-refractivity contribution in [3.63, 3.8) is 0 Å². The molecular formula is C24H26O10. The number of methoxy groups -OCH3 is 6. The number of benzene rings is 2. The maximum atomic E-state index is 13.1. The number of fused-ring (bicyclic) bond motifs is 1. The van der Waals surface area contributed by atoms with Crippen molar-refractivity contribution in [2.75, 3.05) is 42.7 Å². The van der Waals surface area contributed by atoms with Gasteiger partial charge in [-0.1, -0.05) is 0 Å². The predicted molar refractivity (Wildman–Crippen MR) is 117 cm³/mol. The monoisotopic (exact) mass is 474 g/mol. The normalized spacial score (nSPS) is 23.0. The predicted octanol–water partition coefficient (Wildman–Crippen LogP) is 2.87. The van der Waals surface area contributed by atoms with E-state index in [-0.39, 0.29) is 0 Å². The molecule has 182 valence electrons. The van der Waals surface area contributed by atoms with Gasteiger partial charge in [-0.25, -0.2) is 0 Å². The summed E-state index contributed by atoms with van der Waals surface area (Å²) in [7, 11) is 8.92. The van der Waals surface area contributed by atoms with Crippen LogP contribution in [0.4, 0.5) is 0 Å². The van der Waals surface area contributed by atoms with E-state index in [9.17, 15) is 9.59 Å². The molecule has 2 unspecified atom stereocenters. The fourth-order valence-corrected chi connectivity index (χ4v) is 4.54. The maximum absolute atomic E-state index is 13.1. The Hall–Kier alpha value is -3.82. The first-order valence-electron chi connectivity index (χ1n) is 10.4. The first kappa shape index (κ1) is 23.3. The van der Waals surface area contributed by atoms with E-state index < -0.39 is 36.0 Å². The highest BCUT2D eigenvalue weighted by Gasteiger charge is 2.61. The first-order valence-corrected chi connectivity index (χ1v) is 10.4. The number of ether oxygens (including phenoxy) is 8. The Morgan fingerprint density at radius 1 is 0.500 bits per heavy atom. The van der Waals surface area contributed by atoms with E-state index in [2.05, 4.69) is 0 Å². The van der Waals surface area contributed by atoms with Crippen LogP contribution < -0.4 is 28.4 Å². The van der Waals surface area contributed by atoms with E-state index in [1.54, 1.807) is 24.3 Å². The van der Waals surface area contributed by atoms with Crippen LogP contribution in [-0.4, -0.2) is 54.6 Å². The molecule has 2 aromatic rings. The van der Waals surface area contributed by atoms with Crippen molar-refractivity contribution in [3.05, 3.63) is 35.4 Å². The van der Waals surface area contributed by atoms with E-state index in [4.69, 9.17) is 37.9 Å². The van der Waals surface area contributed by atoms with Gasteiger partial charge in [-0.2, -0.15) is 0 Å². The van der Waals surface area contributed by atoms with Gasteiger partial charge >= 0.3 is 11.9 Å². The molecule has 0 aromatic heterocycles. The smallest absolute Gasteiger partial charge is 0.314 e. The molecule has 0 radical (unpaired) electrons. The summed E-state index contributed by atoms with van der Waals surface area (Å²) in [5.74, 6) is -0.489. The van der Waals surface area contributed by atoms with Crippen LogP contribution in [0.25, 0.3) is 0 Å². The van der Waals surface area contributed by atoms with Gasteiger partial charge in [0.1, 0.15) is 35.5 Å². The lowest BCUT2D eigenvalue weighted by molar-refractivity contribution is -0.155. The van der Waals surface area contributed by atoms with Gasteiger partial charge in [-0.3, -0.25) is 9.59 Å². The van der Waals surface area contributed by atoms with Crippen LogP contribution in [0.15, 0.2) is 24.3 Å². The minimum Gasteiger partial charge on any atom is -0.496 e. The molecule has 0 bridgehead atoms. The van der Waals surface area contributed by atoms with Gasteiger partial charge in [0.05, 0.1) is 42.7 Å². The van der Waals surface area contributed by atoms with Crippen molar-refractivity contribution in [3.8, 4) is 34.5 Å². The second kappa shape index (κ2) is 9.20. The Morgan fingerprint density at radius 2 is 0.794 bits per heavy atom. The molecule has 0 N–H and O–H groups in total. The summed E-state index contributed by atoms with van der Waals surface area (Å²) >= 11 is 0. The first-order chi connectivity index (χ1) is 16.4. The van der Waals surface area contributed by atoms with Gasteiger partial charge in [0.25, 0.3) is 0 Å². The molecule has 2 fully saturated rings. The summed E-state index contributed by atoms with van der Waals surface area (Å²) in [5.41, 5.74) is 0.941. The Kier molecular flexibility index (Phi) is 6.32. The highest BCUT2D eigenvalue weighted by atomic mass is 16.6. The summed E-state index contributed by atoms with van der Waals surface area (Å²) in [6.45, 7) is 0. The molecule has 34 heavy (non-hydrogen) atoms. The molecular weight excluding hydrogens is 448 g/mol. The topological polar surface area (TPSA) is 108 Å². The van der Waals surface area contributed by atoms with Crippen molar-refractivity contribution < 1.29 is 47.5 Å². The zero-order valence-corrected chi connectivity index (χ0v) is 19.7. The van der Waals surface area contributed by atoms with Gasteiger partial charge in [-0.15, -0.1) is 0 Å². The zero-order chi connectivity index (χ0) is 24.6. The van der Waals surface area contributed by atoms with Crippen LogP contribution in [0.2, 0.25) is 0 Å². The van der Waals surface area contributed by atoms with E-state index in [0.717, 1.165) is 0 Å². The molecule has 10 heteroatoms. The van der Waals surface area contributed by atoms with E-state index in [1.165, 1.54) is 42.7 Å². The maximum Gasteiger partial charge on any atom is 0.314 e. The average molecular weight is 474 g/mol. The van der Waals surface area contributed by atoms with E-state index in [0.29, 0.717) is 45.6 Å². The van der Waals surface area contributed by atoms with Crippen LogP contribution in [0.3, 0.4) is 0 Å². The number of hydrogen-bond acceptors (Lipinski definition) is 10. The van der Waals surface area contributed by atoms with Gasteiger partial charge < -0.3 is 37.9 Å². The summed E-state index contributed by atoms with van der Waals surface area (Å²) in [6, 6.07) is 6.50. The minimum absolute atomic E-state index is 0.385. The van der Waals surface area contributed by atoms with E-state index in [1.807, 2.05) is 0 Å². The molecule has 2 aromatic carbocycles. The molecule has 0 saturated carbocycles. The SMILES string of the molecule is COc1cc(OC)c([C@H]2OC(=O)C3C2C(=O)O[C@@H]3c2cc(OC)c(OC)cc2OC)cc1OC. The molecule has 2 aliphatic rings. The molecule has 2 aliphatic heterocycles. The molecule has 2 saturated heterocycles. The molecule has 0 amide bonds. The van der Waals surface area contributed by atoms with E-state index >= 15 is 0 Å². The standard InChI is InChI=1S/C24H26O10/c1-27-13-9-17(31-5)15(29-3)7-11(13)21-19-20(24(26)33-21)22(34-23(19)25)12-8-16(30-4)18(32-6)10-14(12)28-2/h7-10,19-22H,1-6H3/t19?,20?,21-,22-/m1/s1. The number of esters is 2. The largest absolute Gasteiger partial charge is 0.496 e. The van der Waals surface area contributed by atoms with Crippen molar-refractivity contribution in [1.82, 2.24) is 0 Å². The third-order valence-corrected chi connectivity index (χ3v) is 6.15. The second-order valence-corrected chi connectivity index (χ2v) is 7.66. The fourth-order valence-electron chi connectivity index (χ4n) is 4.54. The molecule has 4 rings (SSSR count). The summed E-state index contributed by atoms with van der Waals surface area (Å²) in [6.07, 6.45) is -1.87. The summed E-state index contributed by atoms with van der Waals surface area (Å²) in [5, 5.41) is 0. The Balaban J connectivity index is 1.78. The van der Waals surface area contributed by atoms with Crippen LogP contribution in [-0.2, 0) is 19.1 Å². The Labute approximate surface area is 196 Å². The van der Waals surface area contributed by atoms with Crippen molar-refractivity contribution in [1.29, 1.82) is 0 Å². The van der Waals surface area contributed by atoms with Gasteiger partial charge in [0.15, 0.2) is 23.0 Å². The summed E-state index contributed by atoms with van der Waals surface area (Å²) < 4.78 is 43.8. The molecule has 4 atom stereocenters. The third kappa shape index (κ3) is 3.59. The van der Waals surface area contributed by atoms with Crippen molar-refractivity contribution >= 4 is 11.9 Å². The number of rotatable bonds is 8. The quantitative estimate of drug-likeness (QED) is 0.530. The van der Waals surface area contributed by atoms with Crippen LogP contribution in [0.1, 0.15) is 23.3 Å². The van der Waals surface area contributed by atoms with Crippen LogP contribution in [0, 0.1) is 11.8 Å². The number of carbonyl (C=O) groups is 2. The average Bonchev–Trinajstić information content (AvgIpc) is 3.39. The van der Waals surface area contributed by atoms with Gasteiger partial charge in [0.2, 0.25) is 0 Å².